The highest BCUT2D eigenvalue weighted by Gasteiger charge is 2.13. The summed E-state index contributed by atoms with van der Waals surface area (Å²) in [5, 5.41) is 8.13. The van der Waals surface area contributed by atoms with Crippen LogP contribution in [0.25, 0.3) is 22.9 Å². The summed E-state index contributed by atoms with van der Waals surface area (Å²) in [7, 11) is 3.17. The number of hydrogen-bond donors (Lipinski definition) is 1. The van der Waals surface area contributed by atoms with Gasteiger partial charge in [-0.3, -0.25) is 0 Å². The minimum absolute atomic E-state index is 0.410. The second-order valence-corrected chi connectivity index (χ2v) is 4.60. The van der Waals surface area contributed by atoms with Gasteiger partial charge in [-0.1, -0.05) is 0 Å². The molecule has 6 nitrogen and oxygen atoms in total. The Balaban J connectivity index is 1.95. The van der Waals surface area contributed by atoms with Crippen LogP contribution in [0.15, 0.2) is 46.9 Å². The van der Waals surface area contributed by atoms with Crippen molar-refractivity contribution in [3.63, 3.8) is 0 Å². The third-order valence-electron chi connectivity index (χ3n) is 3.21. The molecule has 0 aliphatic carbocycles. The van der Waals surface area contributed by atoms with Crippen LogP contribution in [0.3, 0.4) is 0 Å². The number of aromatic nitrogens is 2. The molecule has 0 saturated carbocycles. The Labute approximate surface area is 127 Å². The topological polar surface area (TPSA) is 83.4 Å². The van der Waals surface area contributed by atoms with Crippen LogP contribution in [0.5, 0.6) is 11.5 Å². The van der Waals surface area contributed by atoms with E-state index in [-0.39, 0.29) is 0 Å². The molecule has 0 saturated heterocycles. The van der Waals surface area contributed by atoms with Crippen molar-refractivity contribution in [3.05, 3.63) is 42.5 Å². The third kappa shape index (κ3) is 2.58. The number of benzene rings is 2. The van der Waals surface area contributed by atoms with Crippen molar-refractivity contribution in [1.29, 1.82) is 0 Å². The monoisotopic (exact) mass is 297 g/mol. The molecule has 0 radical (unpaired) electrons. The first-order chi connectivity index (χ1) is 10.7. The molecule has 0 aliphatic heterocycles. The van der Waals surface area contributed by atoms with E-state index in [9.17, 15) is 0 Å². The molecule has 0 amide bonds. The summed E-state index contributed by atoms with van der Waals surface area (Å²) in [6, 6.07) is 12.7. The molecule has 0 unspecified atom stereocenters. The maximum absolute atomic E-state index is 5.71. The fourth-order valence-corrected chi connectivity index (χ4v) is 2.05. The number of anilines is 1. The molecule has 0 atom stereocenters. The zero-order valence-electron chi connectivity index (χ0n) is 12.2. The number of rotatable bonds is 4. The molecule has 0 spiro atoms. The van der Waals surface area contributed by atoms with Gasteiger partial charge in [0.15, 0.2) is 11.5 Å². The lowest BCUT2D eigenvalue weighted by Crippen LogP contribution is -1.90. The number of hydrogen-bond acceptors (Lipinski definition) is 6. The molecule has 6 heteroatoms. The molecule has 0 aliphatic rings. The van der Waals surface area contributed by atoms with E-state index in [0.29, 0.717) is 29.0 Å². The second kappa shape index (κ2) is 5.77. The molecule has 0 bridgehead atoms. The van der Waals surface area contributed by atoms with Gasteiger partial charge < -0.3 is 19.6 Å². The van der Waals surface area contributed by atoms with E-state index in [1.807, 2.05) is 18.2 Å². The van der Waals surface area contributed by atoms with Gasteiger partial charge in [0.1, 0.15) is 0 Å². The average Bonchev–Trinajstić information content (AvgIpc) is 3.05. The lowest BCUT2D eigenvalue weighted by molar-refractivity contribution is 0.355. The maximum atomic E-state index is 5.71. The van der Waals surface area contributed by atoms with E-state index >= 15 is 0 Å². The number of nitrogens with zero attached hydrogens (tertiary/aromatic N) is 2. The predicted octanol–water partition coefficient (Wildman–Crippen LogP) is 3.00. The van der Waals surface area contributed by atoms with Gasteiger partial charge in [0, 0.05) is 16.8 Å². The van der Waals surface area contributed by atoms with Gasteiger partial charge in [-0.05, 0) is 42.5 Å². The van der Waals surface area contributed by atoms with Crippen LogP contribution in [-0.2, 0) is 0 Å². The quantitative estimate of drug-likeness (QED) is 0.745. The van der Waals surface area contributed by atoms with Crippen LogP contribution in [-0.4, -0.2) is 24.4 Å². The van der Waals surface area contributed by atoms with Gasteiger partial charge >= 0.3 is 0 Å². The van der Waals surface area contributed by atoms with E-state index in [0.717, 1.165) is 11.1 Å². The summed E-state index contributed by atoms with van der Waals surface area (Å²) in [6.45, 7) is 0. The highest BCUT2D eigenvalue weighted by Crippen LogP contribution is 2.32. The molecular formula is C16H15N3O3. The minimum Gasteiger partial charge on any atom is -0.493 e. The van der Waals surface area contributed by atoms with Crippen molar-refractivity contribution < 1.29 is 13.9 Å². The first-order valence-electron chi connectivity index (χ1n) is 6.63. The Bertz CT molecular complexity index is 782. The highest BCUT2D eigenvalue weighted by atomic mass is 16.5. The summed E-state index contributed by atoms with van der Waals surface area (Å²) < 4.78 is 16.2. The molecule has 0 fully saturated rings. The lowest BCUT2D eigenvalue weighted by atomic mass is 10.2. The first kappa shape index (κ1) is 13.9. The van der Waals surface area contributed by atoms with E-state index in [1.165, 1.54) is 0 Å². The Hall–Kier alpha value is -3.02. The van der Waals surface area contributed by atoms with Crippen molar-refractivity contribution in [3.8, 4) is 34.4 Å². The summed E-state index contributed by atoms with van der Waals surface area (Å²) >= 11 is 0. The Morgan fingerprint density at radius 2 is 1.41 bits per heavy atom. The van der Waals surface area contributed by atoms with Crippen LogP contribution >= 0.6 is 0 Å². The molecule has 112 valence electrons. The van der Waals surface area contributed by atoms with Crippen molar-refractivity contribution >= 4 is 5.69 Å². The van der Waals surface area contributed by atoms with E-state index in [1.54, 1.807) is 38.5 Å². The smallest absolute Gasteiger partial charge is 0.248 e. The molecule has 2 N–H and O–H groups in total. The van der Waals surface area contributed by atoms with Gasteiger partial charge in [0.05, 0.1) is 14.2 Å². The number of nitrogen functional groups attached to an aromatic ring is 1. The van der Waals surface area contributed by atoms with Crippen LogP contribution in [0.1, 0.15) is 0 Å². The van der Waals surface area contributed by atoms with E-state index in [4.69, 9.17) is 19.6 Å². The molecule has 2 aromatic carbocycles. The zero-order chi connectivity index (χ0) is 15.5. The molecule has 3 rings (SSSR count). The molecule has 1 heterocycles. The van der Waals surface area contributed by atoms with E-state index < -0.39 is 0 Å². The largest absolute Gasteiger partial charge is 0.493 e. The van der Waals surface area contributed by atoms with Gasteiger partial charge in [-0.2, -0.15) is 0 Å². The van der Waals surface area contributed by atoms with E-state index in [2.05, 4.69) is 10.2 Å². The normalized spacial score (nSPS) is 10.5. The van der Waals surface area contributed by atoms with Crippen molar-refractivity contribution in [2.75, 3.05) is 20.0 Å². The van der Waals surface area contributed by atoms with Crippen molar-refractivity contribution in [2.24, 2.45) is 0 Å². The standard InChI is InChI=1S/C16H15N3O3/c1-20-13-8-5-11(9-14(13)21-2)16-19-18-15(22-16)10-3-6-12(17)7-4-10/h3-9H,17H2,1-2H3. The fraction of sp³-hybridized carbons (Fsp3) is 0.125. The summed E-state index contributed by atoms with van der Waals surface area (Å²) in [4.78, 5) is 0. The Kier molecular flexibility index (Phi) is 3.65. The van der Waals surface area contributed by atoms with Gasteiger partial charge in [0.25, 0.3) is 0 Å². The highest BCUT2D eigenvalue weighted by molar-refractivity contribution is 5.62. The number of ether oxygens (including phenoxy) is 2. The Morgan fingerprint density at radius 1 is 0.818 bits per heavy atom. The fourth-order valence-electron chi connectivity index (χ4n) is 2.05. The summed E-state index contributed by atoms with van der Waals surface area (Å²) in [5.41, 5.74) is 7.92. The van der Waals surface area contributed by atoms with Crippen molar-refractivity contribution in [2.45, 2.75) is 0 Å². The maximum Gasteiger partial charge on any atom is 0.248 e. The average molecular weight is 297 g/mol. The minimum atomic E-state index is 0.410. The van der Waals surface area contributed by atoms with Gasteiger partial charge in [0.2, 0.25) is 11.8 Å². The van der Waals surface area contributed by atoms with Gasteiger partial charge in [-0.15, -0.1) is 10.2 Å². The Morgan fingerprint density at radius 3 is 2.05 bits per heavy atom. The number of methoxy groups -OCH3 is 2. The second-order valence-electron chi connectivity index (χ2n) is 4.60. The molecule has 3 aromatic rings. The first-order valence-corrected chi connectivity index (χ1v) is 6.63. The molecular weight excluding hydrogens is 282 g/mol. The molecule has 1 aromatic heterocycles. The zero-order valence-corrected chi connectivity index (χ0v) is 12.2. The predicted molar refractivity (Wildman–Crippen MR) is 82.7 cm³/mol. The SMILES string of the molecule is COc1ccc(-c2nnc(-c3ccc(N)cc3)o2)cc1OC. The third-order valence-corrected chi connectivity index (χ3v) is 3.21. The van der Waals surface area contributed by atoms with Crippen molar-refractivity contribution in [1.82, 2.24) is 10.2 Å². The van der Waals surface area contributed by atoms with Crippen LogP contribution in [0, 0.1) is 0 Å². The van der Waals surface area contributed by atoms with Crippen LogP contribution in [0.2, 0.25) is 0 Å². The van der Waals surface area contributed by atoms with Gasteiger partial charge in [-0.25, -0.2) is 0 Å². The summed E-state index contributed by atoms with van der Waals surface area (Å²) in [5.74, 6) is 2.09. The summed E-state index contributed by atoms with van der Waals surface area (Å²) in [6.07, 6.45) is 0. The lowest BCUT2D eigenvalue weighted by Gasteiger charge is -2.07. The van der Waals surface area contributed by atoms with Crippen LogP contribution < -0.4 is 15.2 Å². The number of nitrogens with two attached hydrogens (primary N) is 1. The van der Waals surface area contributed by atoms with Crippen LogP contribution in [0.4, 0.5) is 5.69 Å². The molecule has 22 heavy (non-hydrogen) atoms.